The fourth-order valence-electron chi connectivity index (χ4n) is 2.20. The molecule has 0 aliphatic carbocycles. The van der Waals surface area contributed by atoms with Crippen molar-refractivity contribution in [3.05, 3.63) is 24.0 Å². The first-order valence-electron chi connectivity index (χ1n) is 5.11. The zero-order valence-corrected chi connectivity index (χ0v) is 8.97. The molecule has 4 nitrogen and oxygen atoms in total. The second-order valence-corrected chi connectivity index (χ2v) is 3.99. The van der Waals surface area contributed by atoms with Gasteiger partial charge in [0.15, 0.2) is 0 Å². The van der Waals surface area contributed by atoms with Crippen LogP contribution in [0.2, 0.25) is 0 Å². The topological polar surface area (TPSA) is 59.2 Å². The van der Waals surface area contributed by atoms with Gasteiger partial charge in [-0.25, -0.2) is 0 Å². The Kier molecular flexibility index (Phi) is 2.44. The van der Waals surface area contributed by atoms with Crippen LogP contribution in [-0.2, 0) is 4.79 Å². The number of pyridine rings is 1. The maximum Gasteiger partial charge on any atom is 0.224 e. The third kappa shape index (κ3) is 1.61. The molecule has 1 aromatic rings. The van der Waals surface area contributed by atoms with Gasteiger partial charge >= 0.3 is 0 Å². The summed E-state index contributed by atoms with van der Waals surface area (Å²) < 4.78 is 0. The number of aromatic nitrogens is 1. The summed E-state index contributed by atoms with van der Waals surface area (Å²) in [4.78, 5) is 17.6. The molecule has 0 saturated heterocycles. The Balaban J connectivity index is 2.51. The maximum atomic E-state index is 11.5. The van der Waals surface area contributed by atoms with Gasteiger partial charge in [0, 0.05) is 19.2 Å². The smallest absolute Gasteiger partial charge is 0.224 e. The van der Waals surface area contributed by atoms with Crippen LogP contribution in [0.1, 0.15) is 32.0 Å². The molecule has 2 N–H and O–H groups in total. The number of carbonyl (C=O) groups is 1. The fourth-order valence-corrected chi connectivity index (χ4v) is 2.20. The van der Waals surface area contributed by atoms with Crippen molar-refractivity contribution in [2.45, 2.75) is 32.4 Å². The molecule has 0 spiro atoms. The van der Waals surface area contributed by atoms with Crippen LogP contribution in [0.5, 0.6) is 0 Å². The Hall–Kier alpha value is -1.42. The van der Waals surface area contributed by atoms with Crippen molar-refractivity contribution >= 4 is 11.6 Å². The lowest BCUT2D eigenvalue weighted by Crippen LogP contribution is -2.43. The minimum atomic E-state index is -0.0631. The van der Waals surface area contributed by atoms with E-state index in [1.165, 1.54) is 0 Å². The molecule has 1 aliphatic heterocycles. The van der Waals surface area contributed by atoms with Crippen LogP contribution >= 0.6 is 0 Å². The Morgan fingerprint density at radius 3 is 3.07 bits per heavy atom. The van der Waals surface area contributed by atoms with E-state index in [2.05, 4.69) is 4.98 Å². The molecule has 0 radical (unpaired) electrons. The van der Waals surface area contributed by atoms with Gasteiger partial charge < -0.3 is 10.6 Å². The van der Waals surface area contributed by atoms with Crippen LogP contribution in [0, 0.1) is 0 Å². The number of hydrogen-bond acceptors (Lipinski definition) is 3. The van der Waals surface area contributed by atoms with Crippen molar-refractivity contribution in [2.24, 2.45) is 5.73 Å². The first-order valence-corrected chi connectivity index (χ1v) is 5.11. The van der Waals surface area contributed by atoms with Crippen molar-refractivity contribution in [1.29, 1.82) is 0 Å². The minimum absolute atomic E-state index is 0.0450. The molecule has 0 fully saturated rings. The molecule has 80 valence electrons. The van der Waals surface area contributed by atoms with E-state index in [9.17, 15) is 4.79 Å². The number of anilines is 1. The van der Waals surface area contributed by atoms with Crippen LogP contribution in [0.15, 0.2) is 18.3 Å². The van der Waals surface area contributed by atoms with Crippen molar-refractivity contribution in [1.82, 2.24) is 4.98 Å². The monoisotopic (exact) mass is 205 g/mol. The standard InChI is InChI=1S/C11H15N3O/c1-7-6-9(12)11-10(4-3-5-13-11)14(7)8(2)15/h3-5,7,9H,6,12H2,1-2H3. The molecular weight excluding hydrogens is 190 g/mol. The third-order valence-corrected chi connectivity index (χ3v) is 2.80. The van der Waals surface area contributed by atoms with Gasteiger partial charge in [-0.05, 0) is 25.5 Å². The summed E-state index contributed by atoms with van der Waals surface area (Å²) in [6.45, 7) is 3.58. The number of fused-ring (bicyclic) bond motifs is 1. The lowest BCUT2D eigenvalue weighted by atomic mass is 9.96. The average Bonchev–Trinajstić information content (AvgIpc) is 2.17. The Morgan fingerprint density at radius 1 is 1.67 bits per heavy atom. The van der Waals surface area contributed by atoms with E-state index in [-0.39, 0.29) is 18.0 Å². The number of amides is 1. The summed E-state index contributed by atoms with van der Waals surface area (Å²) >= 11 is 0. The molecule has 1 aromatic heterocycles. The van der Waals surface area contributed by atoms with Crippen LogP contribution in [-0.4, -0.2) is 16.9 Å². The van der Waals surface area contributed by atoms with Crippen LogP contribution < -0.4 is 10.6 Å². The molecule has 4 heteroatoms. The largest absolute Gasteiger partial charge is 0.323 e. The molecule has 15 heavy (non-hydrogen) atoms. The van der Waals surface area contributed by atoms with E-state index in [4.69, 9.17) is 5.73 Å². The highest BCUT2D eigenvalue weighted by atomic mass is 16.2. The average molecular weight is 205 g/mol. The minimum Gasteiger partial charge on any atom is -0.323 e. The van der Waals surface area contributed by atoms with E-state index < -0.39 is 0 Å². The van der Waals surface area contributed by atoms with E-state index in [1.54, 1.807) is 18.0 Å². The molecular formula is C11H15N3O. The lowest BCUT2D eigenvalue weighted by molar-refractivity contribution is -0.117. The van der Waals surface area contributed by atoms with E-state index in [0.717, 1.165) is 17.8 Å². The van der Waals surface area contributed by atoms with Gasteiger partial charge in [-0.1, -0.05) is 0 Å². The van der Waals surface area contributed by atoms with Gasteiger partial charge in [0.1, 0.15) is 0 Å². The fraction of sp³-hybridized carbons (Fsp3) is 0.455. The summed E-state index contributed by atoms with van der Waals surface area (Å²) in [7, 11) is 0. The summed E-state index contributed by atoms with van der Waals surface area (Å²) in [6.07, 6.45) is 2.48. The quantitative estimate of drug-likeness (QED) is 0.693. The third-order valence-electron chi connectivity index (χ3n) is 2.80. The molecule has 2 rings (SSSR count). The van der Waals surface area contributed by atoms with Crippen molar-refractivity contribution < 1.29 is 4.79 Å². The maximum absolute atomic E-state index is 11.5. The van der Waals surface area contributed by atoms with Crippen molar-refractivity contribution in [3.63, 3.8) is 0 Å². The normalized spacial score (nSPS) is 24.9. The van der Waals surface area contributed by atoms with Crippen molar-refractivity contribution in [3.8, 4) is 0 Å². The zero-order valence-electron chi connectivity index (χ0n) is 8.97. The summed E-state index contributed by atoms with van der Waals surface area (Å²) in [5.41, 5.74) is 7.68. The number of carbonyl (C=O) groups excluding carboxylic acids is 1. The van der Waals surface area contributed by atoms with E-state index in [0.29, 0.717) is 0 Å². The molecule has 0 saturated carbocycles. The van der Waals surface area contributed by atoms with E-state index in [1.807, 2.05) is 19.1 Å². The number of nitrogens with zero attached hydrogens (tertiary/aromatic N) is 2. The molecule has 2 heterocycles. The van der Waals surface area contributed by atoms with Gasteiger partial charge in [-0.15, -0.1) is 0 Å². The second-order valence-electron chi connectivity index (χ2n) is 3.99. The molecule has 2 unspecified atom stereocenters. The van der Waals surface area contributed by atoms with E-state index >= 15 is 0 Å². The Labute approximate surface area is 89.1 Å². The van der Waals surface area contributed by atoms with Crippen molar-refractivity contribution in [2.75, 3.05) is 4.90 Å². The predicted octanol–water partition coefficient (Wildman–Crippen LogP) is 1.23. The molecule has 2 atom stereocenters. The first-order chi connectivity index (χ1) is 7.11. The Bertz CT molecular complexity index is 391. The summed E-state index contributed by atoms with van der Waals surface area (Å²) in [5.74, 6) is 0.0450. The van der Waals surface area contributed by atoms with Gasteiger partial charge in [0.25, 0.3) is 0 Å². The van der Waals surface area contributed by atoms with Gasteiger partial charge in [-0.2, -0.15) is 0 Å². The zero-order chi connectivity index (χ0) is 11.0. The lowest BCUT2D eigenvalue weighted by Gasteiger charge is -2.36. The number of rotatable bonds is 0. The van der Waals surface area contributed by atoms with Gasteiger partial charge in [0.05, 0.1) is 17.4 Å². The highest BCUT2D eigenvalue weighted by molar-refractivity contribution is 5.93. The second kappa shape index (κ2) is 3.62. The predicted molar refractivity (Wildman–Crippen MR) is 58.4 cm³/mol. The summed E-state index contributed by atoms with van der Waals surface area (Å²) in [5, 5.41) is 0. The SMILES string of the molecule is CC(=O)N1c2cccnc2C(N)CC1C. The molecule has 0 aromatic carbocycles. The first kappa shape index (κ1) is 10.1. The van der Waals surface area contributed by atoms with Crippen LogP contribution in [0.25, 0.3) is 0 Å². The van der Waals surface area contributed by atoms with Crippen LogP contribution in [0.3, 0.4) is 0 Å². The number of hydrogen-bond donors (Lipinski definition) is 1. The summed E-state index contributed by atoms with van der Waals surface area (Å²) in [6, 6.07) is 3.82. The van der Waals surface area contributed by atoms with Gasteiger partial charge in [-0.3, -0.25) is 9.78 Å². The molecule has 0 bridgehead atoms. The Morgan fingerprint density at radius 2 is 2.40 bits per heavy atom. The highest BCUT2D eigenvalue weighted by Crippen LogP contribution is 2.33. The van der Waals surface area contributed by atoms with Gasteiger partial charge in [0.2, 0.25) is 5.91 Å². The van der Waals surface area contributed by atoms with Crippen LogP contribution in [0.4, 0.5) is 5.69 Å². The highest BCUT2D eigenvalue weighted by Gasteiger charge is 2.30. The molecule has 1 aliphatic rings. The molecule has 1 amide bonds. The number of nitrogens with two attached hydrogens (primary N) is 1.